The zero-order chi connectivity index (χ0) is 23.0. The monoisotopic (exact) mass is 458 g/mol. The first kappa shape index (κ1) is 24.1. The first-order valence-electron chi connectivity index (χ1n) is 8.91. The van der Waals surface area contributed by atoms with Crippen molar-refractivity contribution < 1.29 is 32.4 Å². The lowest BCUT2D eigenvalue weighted by Gasteiger charge is -2.14. The number of esters is 1. The first-order valence-corrected chi connectivity index (χ1v) is 9.44. The lowest BCUT2D eigenvalue weighted by atomic mass is 10.1. The molecule has 0 aliphatic rings. The Labute approximate surface area is 180 Å². The van der Waals surface area contributed by atoms with E-state index in [9.17, 15) is 28.1 Å². The zero-order valence-electron chi connectivity index (χ0n) is 16.3. The number of hydrogen-bond acceptors (Lipinski definition) is 6. The number of rotatable bonds is 9. The summed E-state index contributed by atoms with van der Waals surface area (Å²) in [5, 5.41) is 11.4. The number of carbonyl (C=O) groups excluding carboxylic acids is 1. The van der Waals surface area contributed by atoms with Crippen LogP contribution in [-0.4, -0.2) is 35.8 Å². The number of hydrogen-bond donors (Lipinski definition) is 0. The highest BCUT2D eigenvalue weighted by molar-refractivity contribution is 6.18. The summed E-state index contributed by atoms with van der Waals surface area (Å²) in [6.45, 7) is -0.0618. The van der Waals surface area contributed by atoms with Crippen molar-refractivity contribution in [2.45, 2.75) is 25.6 Å². The van der Waals surface area contributed by atoms with Crippen LogP contribution in [0.3, 0.4) is 0 Å². The van der Waals surface area contributed by atoms with E-state index in [1.54, 1.807) is 30.3 Å². The predicted molar refractivity (Wildman–Crippen MR) is 108 cm³/mol. The molecule has 0 aliphatic carbocycles. The molecule has 0 radical (unpaired) electrons. The maximum absolute atomic E-state index is 13.4. The third-order valence-corrected chi connectivity index (χ3v) is 4.27. The molecule has 0 aliphatic heterocycles. The number of nitro groups is 1. The van der Waals surface area contributed by atoms with Gasteiger partial charge in [0.25, 0.3) is 5.69 Å². The van der Waals surface area contributed by atoms with Crippen LogP contribution in [0, 0.1) is 10.1 Å². The Kier molecular flexibility index (Phi) is 8.38. The molecule has 0 bridgehead atoms. The molecule has 11 heteroatoms. The number of aryl methyl sites for hydroxylation is 1. The summed E-state index contributed by atoms with van der Waals surface area (Å²) < 4.78 is 50.2. The lowest BCUT2D eigenvalue weighted by molar-refractivity contribution is -0.385. The zero-order valence-corrected chi connectivity index (χ0v) is 17.1. The number of halogens is 4. The molecule has 2 aromatic rings. The molecule has 7 nitrogen and oxygen atoms in total. The fraction of sp³-hybridized carbons (Fsp3) is 0.300. The highest BCUT2D eigenvalue weighted by Crippen LogP contribution is 2.37. The van der Waals surface area contributed by atoms with Gasteiger partial charge in [-0.25, -0.2) is 4.99 Å². The van der Waals surface area contributed by atoms with Gasteiger partial charge in [0, 0.05) is 11.4 Å². The molecule has 2 aromatic carbocycles. The van der Waals surface area contributed by atoms with Crippen molar-refractivity contribution in [1.82, 2.24) is 0 Å². The smallest absolute Gasteiger partial charge is 0.430 e. The van der Waals surface area contributed by atoms with Crippen LogP contribution >= 0.6 is 11.6 Å². The number of alkyl halides is 4. The molecule has 31 heavy (non-hydrogen) atoms. The summed E-state index contributed by atoms with van der Waals surface area (Å²) >= 11 is 5.68. The van der Waals surface area contributed by atoms with Gasteiger partial charge in [-0.3, -0.25) is 14.9 Å². The van der Waals surface area contributed by atoms with Crippen molar-refractivity contribution in [3.63, 3.8) is 0 Å². The quantitative estimate of drug-likeness (QED) is 0.170. The largest absolute Gasteiger partial charge is 0.486 e. The van der Waals surface area contributed by atoms with Crippen molar-refractivity contribution in [3.8, 4) is 5.75 Å². The summed E-state index contributed by atoms with van der Waals surface area (Å²) in [5.41, 5.74) is -1.31. The van der Waals surface area contributed by atoms with E-state index in [1.165, 1.54) is 0 Å². The minimum absolute atomic E-state index is 0.00248. The topological polar surface area (TPSA) is 91.0 Å². The van der Waals surface area contributed by atoms with E-state index >= 15 is 0 Å². The molecular formula is C20H18ClF3N2O5. The van der Waals surface area contributed by atoms with E-state index < -0.39 is 29.2 Å². The number of ether oxygens (including phenoxy) is 2. The van der Waals surface area contributed by atoms with Crippen molar-refractivity contribution in [2.24, 2.45) is 4.99 Å². The Morgan fingerprint density at radius 2 is 1.90 bits per heavy atom. The Morgan fingerprint density at radius 1 is 1.23 bits per heavy atom. The van der Waals surface area contributed by atoms with E-state index in [1.807, 2.05) is 0 Å². The lowest BCUT2D eigenvalue weighted by Crippen LogP contribution is -2.26. The summed E-state index contributed by atoms with van der Waals surface area (Å²) in [6.07, 6.45) is -6.03. The molecule has 2 rings (SSSR count). The number of benzene rings is 2. The van der Waals surface area contributed by atoms with Gasteiger partial charge in [0.2, 0.25) is 0 Å². The van der Waals surface area contributed by atoms with Gasteiger partial charge in [0.15, 0.2) is 5.75 Å². The van der Waals surface area contributed by atoms with Crippen molar-refractivity contribution >= 4 is 34.7 Å². The normalized spacial score (nSPS) is 11.8. The van der Waals surface area contributed by atoms with Crippen molar-refractivity contribution in [2.75, 3.05) is 13.0 Å². The number of methoxy groups -OCH3 is 1. The fourth-order valence-corrected chi connectivity index (χ4v) is 2.77. The van der Waals surface area contributed by atoms with Crippen LogP contribution in [0.1, 0.15) is 17.5 Å². The maximum atomic E-state index is 13.4. The molecular weight excluding hydrogens is 441 g/mol. The first-order chi connectivity index (χ1) is 14.7. The van der Waals surface area contributed by atoms with Gasteiger partial charge >= 0.3 is 12.1 Å². The van der Waals surface area contributed by atoms with E-state index in [4.69, 9.17) is 16.3 Å². The maximum Gasteiger partial charge on any atom is 0.430 e. The fourth-order valence-electron chi connectivity index (χ4n) is 2.57. The summed E-state index contributed by atoms with van der Waals surface area (Å²) in [7, 11) is 0.954. The molecule has 0 unspecified atom stereocenters. The average molecular weight is 459 g/mol. The number of nitro benzene ring substituents is 1. The van der Waals surface area contributed by atoms with Crippen LogP contribution in [0.2, 0.25) is 0 Å². The molecule has 0 fully saturated rings. The van der Waals surface area contributed by atoms with Crippen LogP contribution in [0.15, 0.2) is 47.5 Å². The third-order valence-electron chi connectivity index (χ3n) is 4.08. The Hall–Kier alpha value is -3.14. The van der Waals surface area contributed by atoms with Gasteiger partial charge in [0.05, 0.1) is 24.5 Å². The van der Waals surface area contributed by atoms with Crippen LogP contribution in [0.4, 0.5) is 24.5 Å². The number of aliphatic imine (C=N–C) groups is 1. The number of nitrogens with zero attached hydrogens (tertiary/aromatic N) is 2. The van der Waals surface area contributed by atoms with Gasteiger partial charge < -0.3 is 9.47 Å². The Bertz CT molecular complexity index is 965. The molecule has 0 spiro atoms. The number of carbonyl (C=O) groups is 1. The molecule has 0 aromatic heterocycles. The molecule has 166 valence electrons. The van der Waals surface area contributed by atoms with Crippen LogP contribution in [0.25, 0.3) is 0 Å². The second-order valence-corrected chi connectivity index (χ2v) is 6.61. The second-order valence-electron chi connectivity index (χ2n) is 6.23. The van der Waals surface area contributed by atoms with Crippen molar-refractivity contribution in [1.29, 1.82) is 0 Å². The predicted octanol–water partition coefficient (Wildman–Crippen LogP) is 5.15. The molecule has 0 N–H and O–H groups in total. The summed E-state index contributed by atoms with van der Waals surface area (Å²) in [4.78, 5) is 25.8. The van der Waals surface area contributed by atoms with Crippen LogP contribution < -0.4 is 4.74 Å². The van der Waals surface area contributed by atoms with E-state index in [0.717, 1.165) is 19.2 Å². The Morgan fingerprint density at radius 3 is 2.45 bits per heavy atom. The standard InChI is InChI=1S/C20H18ClF3N2O5/c1-30-19(27)11-18(20(22,23)24)25-15-9-14(7-8-21)16(26(28)29)10-17(15)31-12-13-5-3-2-4-6-13/h2-6,9-10H,7-8,11-12H2,1H3. The highest BCUT2D eigenvalue weighted by Gasteiger charge is 2.37. The SMILES string of the molecule is COC(=O)CC(=Nc1cc(CCCl)c([N+](=O)[O-])cc1OCc1ccccc1)C(F)(F)F. The second kappa shape index (κ2) is 10.8. The minimum atomic E-state index is -4.93. The van der Waals surface area contributed by atoms with Gasteiger partial charge in [-0.2, -0.15) is 13.2 Å². The Balaban J connectivity index is 2.58. The average Bonchev–Trinajstić information content (AvgIpc) is 2.72. The van der Waals surface area contributed by atoms with Gasteiger partial charge in [-0.15, -0.1) is 11.6 Å². The molecule has 0 heterocycles. The van der Waals surface area contributed by atoms with Gasteiger partial charge in [-0.1, -0.05) is 30.3 Å². The van der Waals surface area contributed by atoms with E-state index in [-0.39, 0.29) is 41.6 Å². The van der Waals surface area contributed by atoms with Gasteiger partial charge in [-0.05, 0) is 18.1 Å². The van der Waals surface area contributed by atoms with E-state index in [2.05, 4.69) is 9.73 Å². The summed E-state index contributed by atoms with van der Waals surface area (Å²) in [5.74, 6) is -1.37. The summed E-state index contributed by atoms with van der Waals surface area (Å²) in [6, 6.07) is 10.8. The molecule has 0 saturated carbocycles. The molecule has 0 amide bonds. The van der Waals surface area contributed by atoms with Crippen LogP contribution in [0.5, 0.6) is 5.75 Å². The molecule has 0 atom stereocenters. The van der Waals surface area contributed by atoms with Gasteiger partial charge in [0.1, 0.15) is 18.0 Å². The van der Waals surface area contributed by atoms with Crippen molar-refractivity contribution in [3.05, 3.63) is 63.7 Å². The molecule has 0 saturated heterocycles. The third kappa shape index (κ3) is 6.95. The minimum Gasteiger partial charge on any atom is -0.486 e. The highest BCUT2D eigenvalue weighted by atomic mass is 35.5. The van der Waals surface area contributed by atoms with Crippen LogP contribution in [-0.2, 0) is 22.6 Å². The van der Waals surface area contributed by atoms with E-state index in [0.29, 0.717) is 5.56 Å².